The average molecular weight is 398 g/mol. The number of anilines is 1. The van der Waals surface area contributed by atoms with Gasteiger partial charge in [0.25, 0.3) is 0 Å². The predicted molar refractivity (Wildman–Crippen MR) is 93.4 cm³/mol. The largest absolute Gasteiger partial charge is 0.371 e. The molecule has 2 heterocycles. The average Bonchev–Trinajstić information content (AvgIpc) is 2.97. The molecule has 1 aromatic rings. The van der Waals surface area contributed by atoms with Crippen molar-refractivity contribution >= 4 is 21.4 Å². The van der Waals surface area contributed by atoms with Crippen LogP contribution in [0.2, 0.25) is 0 Å². The first-order valence-electron chi connectivity index (χ1n) is 8.61. The molecule has 0 radical (unpaired) electrons. The van der Waals surface area contributed by atoms with Crippen LogP contribution in [0, 0.1) is 23.1 Å². The topological polar surface area (TPSA) is 93.5 Å². The number of halogens is 2. The van der Waals surface area contributed by atoms with Gasteiger partial charge in [0.2, 0.25) is 5.91 Å². The highest BCUT2D eigenvalue weighted by atomic mass is 32.2. The third-order valence-electron chi connectivity index (χ3n) is 5.04. The molecule has 0 aromatic heterocycles. The highest BCUT2D eigenvalue weighted by Gasteiger charge is 2.37. The zero-order valence-corrected chi connectivity index (χ0v) is 15.6. The van der Waals surface area contributed by atoms with Gasteiger partial charge in [-0.2, -0.15) is 5.26 Å². The minimum atomic E-state index is -3.89. The summed E-state index contributed by atoms with van der Waals surface area (Å²) in [5.41, 5.74) is -0.237. The van der Waals surface area contributed by atoms with E-state index >= 15 is 0 Å². The van der Waals surface area contributed by atoms with E-state index in [0.29, 0.717) is 45.0 Å². The molecule has 3 rings (SSSR count). The van der Waals surface area contributed by atoms with Gasteiger partial charge in [0.15, 0.2) is 16.0 Å². The molecule has 1 atom stereocenters. The summed E-state index contributed by atoms with van der Waals surface area (Å²) in [6.07, 6.45) is 4.71. The molecular weight excluding hydrogens is 378 g/mol. The SMILES string of the molecule is CS(=O)(=O)c1cc(F)c(N[C@H]2CCN(C3CCN(C#N)CC3)C2=O)cc1F. The molecule has 2 aliphatic rings. The number of piperidine rings is 1. The second kappa shape index (κ2) is 7.31. The van der Waals surface area contributed by atoms with E-state index in [0.717, 1.165) is 12.3 Å². The van der Waals surface area contributed by atoms with Gasteiger partial charge in [-0.05, 0) is 25.3 Å². The summed E-state index contributed by atoms with van der Waals surface area (Å²) >= 11 is 0. The molecule has 27 heavy (non-hydrogen) atoms. The lowest BCUT2D eigenvalue weighted by Gasteiger charge is -2.34. The van der Waals surface area contributed by atoms with Gasteiger partial charge in [-0.25, -0.2) is 17.2 Å². The fourth-order valence-corrected chi connectivity index (χ4v) is 4.32. The van der Waals surface area contributed by atoms with Crippen molar-refractivity contribution in [1.29, 1.82) is 5.26 Å². The van der Waals surface area contributed by atoms with Gasteiger partial charge in [-0.15, -0.1) is 0 Å². The summed E-state index contributed by atoms with van der Waals surface area (Å²) in [6, 6.07) is 0.731. The van der Waals surface area contributed by atoms with Crippen LogP contribution < -0.4 is 5.32 Å². The lowest BCUT2D eigenvalue weighted by Crippen LogP contribution is -2.46. The first-order valence-corrected chi connectivity index (χ1v) is 10.5. The molecule has 10 heteroatoms. The maximum absolute atomic E-state index is 14.2. The van der Waals surface area contributed by atoms with Crippen molar-refractivity contribution in [2.45, 2.75) is 36.2 Å². The van der Waals surface area contributed by atoms with Gasteiger partial charge in [0.1, 0.15) is 22.6 Å². The highest BCUT2D eigenvalue weighted by Crippen LogP contribution is 2.27. The second-order valence-corrected chi connectivity index (χ2v) is 8.85. The van der Waals surface area contributed by atoms with Crippen LogP contribution in [-0.2, 0) is 14.6 Å². The molecule has 0 aliphatic carbocycles. The maximum Gasteiger partial charge on any atom is 0.245 e. The molecule has 0 saturated carbocycles. The van der Waals surface area contributed by atoms with Crippen molar-refractivity contribution in [2.24, 2.45) is 0 Å². The first-order chi connectivity index (χ1) is 12.7. The van der Waals surface area contributed by atoms with Gasteiger partial charge in [0, 0.05) is 38.0 Å². The Balaban J connectivity index is 1.70. The summed E-state index contributed by atoms with van der Waals surface area (Å²) in [6.45, 7) is 1.69. The van der Waals surface area contributed by atoms with E-state index in [2.05, 4.69) is 11.5 Å². The lowest BCUT2D eigenvalue weighted by molar-refractivity contribution is -0.131. The Bertz CT molecular complexity index is 892. The van der Waals surface area contributed by atoms with E-state index in [1.165, 1.54) is 0 Å². The Morgan fingerprint density at radius 1 is 1.15 bits per heavy atom. The van der Waals surface area contributed by atoms with Gasteiger partial charge in [-0.1, -0.05) is 0 Å². The fraction of sp³-hybridized carbons (Fsp3) is 0.529. The standard InChI is InChI=1S/C17H20F2N4O3S/c1-27(25,26)16-9-12(18)15(8-13(16)19)21-14-4-7-23(17(14)24)11-2-5-22(10-20)6-3-11/h8-9,11,14,21H,2-7H2,1H3/t14-/m0/s1. The molecule has 146 valence electrons. The van der Waals surface area contributed by atoms with E-state index in [4.69, 9.17) is 5.26 Å². The third kappa shape index (κ3) is 3.98. The van der Waals surface area contributed by atoms with Crippen LogP contribution in [0.4, 0.5) is 14.5 Å². The summed E-state index contributed by atoms with van der Waals surface area (Å²) < 4.78 is 51.2. The molecule has 2 saturated heterocycles. The molecule has 2 aliphatic heterocycles. The summed E-state index contributed by atoms with van der Waals surface area (Å²) in [7, 11) is -3.89. The van der Waals surface area contributed by atoms with Gasteiger partial charge >= 0.3 is 0 Å². The number of likely N-dealkylation sites (tertiary alicyclic amines) is 2. The minimum absolute atomic E-state index is 0.0306. The number of nitrogens with zero attached hydrogens (tertiary/aromatic N) is 3. The van der Waals surface area contributed by atoms with Crippen LogP contribution in [0.1, 0.15) is 19.3 Å². The number of nitrogens with one attached hydrogen (secondary N) is 1. The number of carbonyl (C=O) groups excluding carboxylic acids is 1. The Hall–Kier alpha value is -2.41. The quantitative estimate of drug-likeness (QED) is 0.769. The van der Waals surface area contributed by atoms with Gasteiger partial charge in [0.05, 0.1) is 5.69 Å². The number of rotatable bonds is 4. The number of sulfone groups is 1. The van der Waals surface area contributed by atoms with E-state index < -0.39 is 32.4 Å². The Morgan fingerprint density at radius 3 is 2.41 bits per heavy atom. The number of nitriles is 1. The van der Waals surface area contributed by atoms with Crippen LogP contribution in [0.5, 0.6) is 0 Å². The molecule has 0 spiro atoms. The smallest absolute Gasteiger partial charge is 0.245 e. The number of hydrogen-bond donors (Lipinski definition) is 1. The van der Waals surface area contributed by atoms with E-state index in [9.17, 15) is 22.0 Å². The van der Waals surface area contributed by atoms with Gasteiger partial charge < -0.3 is 15.1 Å². The minimum Gasteiger partial charge on any atom is -0.371 e. The molecule has 1 aromatic carbocycles. The Kier molecular flexibility index (Phi) is 5.24. The van der Waals surface area contributed by atoms with Crippen molar-refractivity contribution < 1.29 is 22.0 Å². The molecular formula is C17H20F2N4O3S. The number of hydrogen-bond acceptors (Lipinski definition) is 6. The maximum atomic E-state index is 14.2. The summed E-state index contributed by atoms with van der Waals surface area (Å²) in [5.74, 6) is -2.18. The van der Waals surface area contributed by atoms with E-state index in [1.54, 1.807) is 9.80 Å². The fourth-order valence-electron chi connectivity index (χ4n) is 3.59. The highest BCUT2D eigenvalue weighted by molar-refractivity contribution is 7.90. The van der Waals surface area contributed by atoms with Crippen LogP contribution in [0.15, 0.2) is 17.0 Å². The zero-order chi connectivity index (χ0) is 19.8. The Morgan fingerprint density at radius 2 is 1.81 bits per heavy atom. The monoisotopic (exact) mass is 398 g/mol. The Labute approximate surface area is 156 Å². The van der Waals surface area contributed by atoms with Crippen molar-refractivity contribution in [1.82, 2.24) is 9.80 Å². The first kappa shape index (κ1) is 19.4. The van der Waals surface area contributed by atoms with Crippen molar-refractivity contribution in [2.75, 3.05) is 31.2 Å². The number of amides is 1. The van der Waals surface area contributed by atoms with Crippen LogP contribution >= 0.6 is 0 Å². The molecule has 0 bridgehead atoms. The van der Waals surface area contributed by atoms with Crippen molar-refractivity contribution in [3.05, 3.63) is 23.8 Å². The molecule has 7 nitrogen and oxygen atoms in total. The number of carbonyl (C=O) groups is 1. The molecule has 2 fully saturated rings. The third-order valence-corrected chi connectivity index (χ3v) is 6.15. The van der Waals surface area contributed by atoms with Crippen molar-refractivity contribution in [3.63, 3.8) is 0 Å². The molecule has 1 amide bonds. The summed E-state index contributed by atoms with van der Waals surface area (Å²) in [5, 5.41) is 11.6. The summed E-state index contributed by atoms with van der Waals surface area (Å²) in [4.78, 5) is 15.3. The van der Waals surface area contributed by atoms with E-state index in [-0.39, 0.29) is 17.6 Å². The zero-order valence-electron chi connectivity index (χ0n) is 14.8. The molecule has 0 unspecified atom stereocenters. The van der Waals surface area contributed by atoms with E-state index in [1.807, 2.05) is 0 Å². The lowest BCUT2D eigenvalue weighted by atomic mass is 10.0. The van der Waals surface area contributed by atoms with Crippen LogP contribution in [0.3, 0.4) is 0 Å². The normalized spacial score (nSPS) is 21.4. The predicted octanol–water partition coefficient (Wildman–Crippen LogP) is 1.33. The van der Waals surface area contributed by atoms with Crippen molar-refractivity contribution in [3.8, 4) is 6.19 Å². The van der Waals surface area contributed by atoms with Crippen LogP contribution in [0.25, 0.3) is 0 Å². The number of benzene rings is 1. The molecule has 1 N–H and O–H groups in total. The van der Waals surface area contributed by atoms with Gasteiger partial charge in [-0.3, -0.25) is 4.79 Å². The second-order valence-electron chi connectivity index (χ2n) is 6.87. The van der Waals surface area contributed by atoms with Crippen LogP contribution in [-0.4, -0.2) is 62.1 Å².